The first-order valence-corrected chi connectivity index (χ1v) is 9.53. The molecule has 136 valence electrons. The van der Waals surface area contributed by atoms with E-state index in [0.717, 1.165) is 29.0 Å². The smallest absolute Gasteiger partial charge is 0.261 e. The van der Waals surface area contributed by atoms with Gasteiger partial charge >= 0.3 is 0 Å². The minimum atomic E-state index is -0.0558. The van der Waals surface area contributed by atoms with Gasteiger partial charge in [0.15, 0.2) is 0 Å². The molecule has 0 saturated heterocycles. The van der Waals surface area contributed by atoms with Gasteiger partial charge in [-0.2, -0.15) is 0 Å². The summed E-state index contributed by atoms with van der Waals surface area (Å²) in [7, 11) is 1.96. The maximum absolute atomic E-state index is 12.0. The number of aryl methyl sites for hydroxylation is 1. The van der Waals surface area contributed by atoms with Gasteiger partial charge in [-0.25, -0.2) is 4.98 Å². The molecule has 0 aliphatic heterocycles. The number of nitrogens with one attached hydrogen (secondary N) is 2. The van der Waals surface area contributed by atoms with Crippen LogP contribution in [0.15, 0.2) is 35.7 Å². The van der Waals surface area contributed by atoms with Gasteiger partial charge in [-0.15, -0.1) is 11.3 Å². The van der Waals surface area contributed by atoms with E-state index in [2.05, 4.69) is 15.6 Å². The second-order valence-corrected chi connectivity index (χ2v) is 7.02. The van der Waals surface area contributed by atoms with Gasteiger partial charge in [0, 0.05) is 32.1 Å². The van der Waals surface area contributed by atoms with Crippen LogP contribution in [-0.4, -0.2) is 27.9 Å². The number of hydrogen-bond acceptors (Lipinski definition) is 4. The van der Waals surface area contributed by atoms with Gasteiger partial charge < -0.3 is 15.2 Å². The Morgan fingerprint density at radius 2 is 2.12 bits per heavy atom. The van der Waals surface area contributed by atoms with E-state index >= 15 is 0 Å². The highest BCUT2D eigenvalue weighted by Crippen LogP contribution is 2.20. The number of rotatable bonds is 7. The number of imidazole rings is 1. The molecule has 2 amide bonds. The number of thiophene rings is 1. The molecule has 0 atom stereocenters. The van der Waals surface area contributed by atoms with E-state index in [-0.39, 0.29) is 11.8 Å². The van der Waals surface area contributed by atoms with Crippen LogP contribution in [0.5, 0.6) is 0 Å². The minimum absolute atomic E-state index is 0.0132. The summed E-state index contributed by atoms with van der Waals surface area (Å²) >= 11 is 1.43. The molecule has 0 saturated carbocycles. The number of benzene rings is 1. The predicted molar refractivity (Wildman–Crippen MR) is 105 cm³/mol. The monoisotopic (exact) mass is 370 g/mol. The third kappa shape index (κ3) is 4.11. The average Bonchev–Trinajstić information content (AvgIpc) is 3.24. The third-order valence-electron chi connectivity index (χ3n) is 4.11. The Morgan fingerprint density at radius 1 is 1.27 bits per heavy atom. The van der Waals surface area contributed by atoms with Crippen LogP contribution >= 0.6 is 11.3 Å². The molecule has 0 aliphatic carbocycles. The summed E-state index contributed by atoms with van der Waals surface area (Å²) in [5.41, 5.74) is 2.59. The lowest BCUT2D eigenvalue weighted by atomic mass is 10.2. The van der Waals surface area contributed by atoms with E-state index in [0.29, 0.717) is 24.3 Å². The SMILES string of the molecule is CCCC(=O)Nc1ccc2c(c1)nc(CCNC(=O)c1cccs1)n2C. The molecule has 0 aliphatic rings. The maximum Gasteiger partial charge on any atom is 0.261 e. The van der Waals surface area contributed by atoms with E-state index in [1.54, 1.807) is 0 Å². The van der Waals surface area contributed by atoms with Gasteiger partial charge in [-0.05, 0) is 36.1 Å². The summed E-state index contributed by atoms with van der Waals surface area (Å²) in [6.45, 7) is 2.50. The fraction of sp³-hybridized carbons (Fsp3) is 0.316. The first-order valence-electron chi connectivity index (χ1n) is 8.65. The van der Waals surface area contributed by atoms with Gasteiger partial charge in [0.25, 0.3) is 5.91 Å². The Morgan fingerprint density at radius 3 is 2.85 bits per heavy atom. The zero-order valence-electron chi connectivity index (χ0n) is 14.9. The fourth-order valence-corrected chi connectivity index (χ4v) is 3.42. The fourth-order valence-electron chi connectivity index (χ4n) is 2.78. The van der Waals surface area contributed by atoms with Crippen molar-refractivity contribution < 1.29 is 9.59 Å². The number of hydrogen-bond donors (Lipinski definition) is 2. The van der Waals surface area contributed by atoms with E-state index < -0.39 is 0 Å². The first kappa shape index (κ1) is 18.1. The van der Waals surface area contributed by atoms with Crippen LogP contribution in [0, 0.1) is 0 Å². The normalized spacial score (nSPS) is 10.8. The van der Waals surface area contributed by atoms with Crippen molar-refractivity contribution in [3.05, 3.63) is 46.4 Å². The Labute approximate surface area is 156 Å². The number of aromatic nitrogens is 2. The molecular formula is C19H22N4O2S. The van der Waals surface area contributed by atoms with E-state index in [1.165, 1.54) is 11.3 Å². The van der Waals surface area contributed by atoms with E-state index in [1.807, 2.05) is 54.3 Å². The quantitative estimate of drug-likeness (QED) is 0.670. The maximum atomic E-state index is 12.0. The predicted octanol–water partition coefficient (Wildman–Crippen LogP) is 3.35. The molecule has 1 aromatic carbocycles. The zero-order chi connectivity index (χ0) is 18.5. The molecule has 0 bridgehead atoms. The lowest BCUT2D eigenvalue weighted by molar-refractivity contribution is -0.116. The minimum Gasteiger partial charge on any atom is -0.351 e. The summed E-state index contributed by atoms with van der Waals surface area (Å²) in [5.74, 6) is 0.850. The van der Waals surface area contributed by atoms with Crippen LogP contribution in [0.4, 0.5) is 5.69 Å². The number of fused-ring (bicyclic) bond motifs is 1. The van der Waals surface area contributed by atoms with Crippen molar-refractivity contribution in [3.63, 3.8) is 0 Å². The summed E-state index contributed by atoms with van der Waals surface area (Å²) < 4.78 is 2.02. The molecule has 2 heterocycles. The zero-order valence-corrected chi connectivity index (χ0v) is 15.7. The number of carbonyl (C=O) groups is 2. The molecule has 0 fully saturated rings. The molecule has 3 rings (SSSR count). The van der Waals surface area contributed by atoms with Gasteiger partial charge in [0.05, 0.1) is 15.9 Å². The largest absolute Gasteiger partial charge is 0.351 e. The molecule has 0 unspecified atom stereocenters. The highest BCUT2D eigenvalue weighted by molar-refractivity contribution is 7.12. The first-order chi connectivity index (χ1) is 12.6. The average molecular weight is 370 g/mol. The highest BCUT2D eigenvalue weighted by Gasteiger charge is 2.11. The van der Waals surface area contributed by atoms with Crippen molar-refractivity contribution in [2.45, 2.75) is 26.2 Å². The van der Waals surface area contributed by atoms with Crippen molar-refractivity contribution in [1.82, 2.24) is 14.9 Å². The van der Waals surface area contributed by atoms with Gasteiger partial charge in [-0.1, -0.05) is 13.0 Å². The number of carbonyl (C=O) groups excluding carboxylic acids is 2. The summed E-state index contributed by atoms with van der Waals surface area (Å²) in [5, 5.41) is 7.70. The Balaban J connectivity index is 1.66. The van der Waals surface area contributed by atoms with Gasteiger partial charge in [0.1, 0.15) is 5.82 Å². The van der Waals surface area contributed by atoms with Crippen LogP contribution in [-0.2, 0) is 18.3 Å². The summed E-state index contributed by atoms with van der Waals surface area (Å²) in [6, 6.07) is 9.40. The van der Waals surface area contributed by atoms with Crippen molar-refractivity contribution >= 4 is 39.9 Å². The van der Waals surface area contributed by atoms with Gasteiger partial charge in [0.2, 0.25) is 5.91 Å². The van der Waals surface area contributed by atoms with Crippen molar-refractivity contribution in [2.75, 3.05) is 11.9 Å². The third-order valence-corrected chi connectivity index (χ3v) is 4.98. The van der Waals surface area contributed by atoms with E-state index in [4.69, 9.17) is 0 Å². The van der Waals surface area contributed by atoms with Crippen LogP contribution in [0.3, 0.4) is 0 Å². The van der Waals surface area contributed by atoms with Gasteiger partial charge in [-0.3, -0.25) is 9.59 Å². The highest BCUT2D eigenvalue weighted by atomic mass is 32.1. The molecule has 0 radical (unpaired) electrons. The summed E-state index contributed by atoms with van der Waals surface area (Å²) in [6.07, 6.45) is 1.97. The van der Waals surface area contributed by atoms with E-state index in [9.17, 15) is 9.59 Å². The van der Waals surface area contributed by atoms with Crippen LogP contribution < -0.4 is 10.6 Å². The lowest BCUT2D eigenvalue weighted by Crippen LogP contribution is -2.25. The molecule has 26 heavy (non-hydrogen) atoms. The van der Waals surface area contributed by atoms with Crippen molar-refractivity contribution in [1.29, 1.82) is 0 Å². The number of nitrogens with zero attached hydrogens (tertiary/aromatic N) is 2. The molecule has 0 spiro atoms. The molecular weight excluding hydrogens is 348 g/mol. The Bertz CT molecular complexity index is 915. The lowest BCUT2D eigenvalue weighted by Gasteiger charge is -2.05. The van der Waals surface area contributed by atoms with Crippen LogP contribution in [0.25, 0.3) is 11.0 Å². The second-order valence-electron chi connectivity index (χ2n) is 6.07. The molecule has 7 heteroatoms. The second kappa shape index (κ2) is 8.14. The van der Waals surface area contributed by atoms with Crippen molar-refractivity contribution in [2.24, 2.45) is 7.05 Å². The number of amides is 2. The molecule has 3 aromatic rings. The number of anilines is 1. The molecule has 2 N–H and O–H groups in total. The summed E-state index contributed by atoms with van der Waals surface area (Å²) in [4.78, 5) is 29.1. The topological polar surface area (TPSA) is 76.0 Å². The standard InChI is InChI=1S/C19H22N4O2S/c1-3-5-18(24)21-13-7-8-15-14(12-13)22-17(23(15)2)9-10-20-19(25)16-6-4-11-26-16/h4,6-8,11-12H,3,5,9-10H2,1-2H3,(H,20,25)(H,21,24). The van der Waals surface area contributed by atoms with Crippen LogP contribution in [0.2, 0.25) is 0 Å². The Kier molecular flexibility index (Phi) is 5.68. The molecule has 6 nitrogen and oxygen atoms in total. The molecule has 2 aromatic heterocycles. The van der Waals surface area contributed by atoms with Crippen LogP contribution in [0.1, 0.15) is 35.3 Å². The van der Waals surface area contributed by atoms with Crippen molar-refractivity contribution in [3.8, 4) is 0 Å². The Hall–Kier alpha value is -2.67.